The van der Waals surface area contributed by atoms with Gasteiger partial charge in [-0.2, -0.15) is 0 Å². The first-order chi connectivity index (χ1) is 10.2. The number of hydrogen-bond donors (Lipinski definition) is 0. The molecule has 2 fully saturated rings. The molecule has 0 aromatic carbocycles. The third-order valence-electron chi connectivity index (χ3n) is 4.52. The van der Waals surface area contributed by atoms with E-state index in [0.29, 0.717) is 18.2 Å². The van der Waals surface area contributed by atoms with Crippen LogP contribution in [0, 0.1) is 5.92 Å². The summed E-state index contributed by atoms with van der Waals surface area (Å²) in [5, 5.41) is 0. The van der Waals surface area contributed by atoms with Crippen LogP contribution in [0.5, 0.6) is 0 Å². The fourth-order valence-electron chi connectivity index (χ4n) is 3.14. The van der Waals surface area contributed by atoms with Gasteiger partial charge in [0.1, 0.15) is 0 Å². The molecule has 0 N–H and O–H groups in total. The summed E-state index contributed by atoms with van der Waals surface area (Å²) in [6.45, 7) is 4.95. The van der Waals surface area contributed by atoms with Crippen molar-refractivity contribution in [2.75, 3.05) is 44.3 Å². The Balaban J connectivity index is 1.48. The zero-order chi connectivity index (χ0) is 14.7. The molecule has 0 radical (unpaired) electrons. The van der Waals surface area contributed by atoms with Crippen molar-refractivity contribution in [1.29, 1.82) is 0 Å². The number of nitrogens with zero attached hydrogens (tertiary/aromatic N) is 4. The molecule has 1 amide bonds. The van der Waals surface area contributed by atoms with Gasteiger partial charge in [0.2, 0.25) is 11.9 Å². The molecule has 6 heteroatoms. The summed E-state index contributed by atoms with van der Waals surface area (Å²) in [7, 11) is 2.00. The number of amides is 1. The minimum Gasteiger partial charge on any atom is -0.381 e. The molecule has 0 spiro atoms. The molecule has 0 aliphatic carbocycles. The number of piperazine rings is 1. The van der Waals surface area contributed by atoms with E-state index in [-0.39, 0.29) is 0 Å². The predicted octanol–water partition coefficient (Wildman–Crippen LogP) is 0.885. The molecule has 2 aliphatic heterocycles. The van der Waals surface area contributed by atoms with Crippen molar-refractivity contribution in [2.24, 2.45) is 13.0 Å². The van der Waals surface area contributed by atoms with Crippen LogP contribution < -0.4 is 4.90 Å². The first-order valence-electron chi connectivity index (χ1n) is 7.82. The topological polar surface area (TPSA) is 50.6 Å². The van der Waals surface area contributed by atoms with Crippen molar-refractivity contribution in [3.8, 4) is 0 Å². The molecule has 21 heavy (non-hydrogen) atoms. The molecule has 3 rings (SSSR count). The summed E-state index contributed by atoms with van der Waals surface area (Å²) in [4.78, 5) is 21.0. The van der Waals surface area contributed by atoms with E-state index in [1.54, 1.807) is 0 Å². The van der Waals surface area contributed by atoms with E-state index in [4.69, 9.17) is 4.74 Å². The number of carbonyl (C=O) groups excluding carboxylic acids is 1. The molecule has 2 aliphatic rings. The highest BCUT2D eigenvalue weighted by molar-refractivity contribution is 5.76. The Morgan fingerprint density at radius 3 is 2.62 bits per heavy atom. The highest BCUT2D eigenvalue weighted by atomic mass is 16.5. The third kappa shape index (κ3) is 3.37. The van der Waals surface area contributed by atoms with Gasteiger partial charge < -0.3 is 19.1 Å². The van der Waals surface area contributed by atoms with Crippen LogP contribution in [0.15, 0.2) is 12.4 Å². The summed E-state index contributed by atoms with van der Waals surface area (Å²) in [5.74, 6) is 1.81. The Bertz CT molecular complexity index is 474. The molecule has 0 unspecified atom stereocenters. The second kappa shape index (κ2) is 6.47. The normalized spacial score (nSPS) is 20.8. The average Bonchev–Trinajstić information content (AvgIpc) is 2.94. The quantitative estimate of drug-likeness (QED) is 0.830. The maximum atomic E-state index is 12.4. The van der Waals surface area contributed by atoms with E-state index in [0.717, 1.165) is 58.2 Å². The van der Waals surface area contributed by atoms with Crippen molar-refractivity contribution in [3.05, 3.63) is 12.4 Å². The maximum absolute atomic E-state index is 12.4. The lowest BCUT2D eigenvalue weighted by atomic mass is 9.96. The van der Waals surface area contributed by atoms with E-state index in [9.17, 15) is 4.79 Å². The van der Waals surface area contributed by atoms with E-state index in [2.05, 4.69) is 9.88 Å². The van der Waals surface area contributed by atoms with Crippen LogP contribution in [-0.2, 0) is 16.6 Å². The SMILES string of the molecule is Cn1ccnc1N1CCN(C(=O)CC2CCOCC2)CC1. The second-order valence-corrected chi connectivity index (χ2v) is 5.97. The number of aryl methyl sites for hydroxylation is 1. The monoisotopic (exact) mass is 292 g/mol. The fourth-order valence-corrected chi connectivity index (χ4v) is 3.14. The summed E-state index contributed by atoms with van der Waals surface area (Å²) in [5.41, 5.74) is 0. The molecule has 0 atom stereocenters. The first kappa shape index (κ1) is 14.4. The van der Waals surface area contributed by atoms with Crippen LogP contribution in [-0.4, -0.2) is 59.8 Å². The Morgan fingerprint density at radius 2 is 2.00 bits per heavy atom. The minimum absolute atomic E-state index is 0.307. The molecular weight excluding hydrogens is 268 g/mol. The molecular formula is C15H24N4O2. The lowest BCUT2D eigenvalue weighted by molar-refractivity contribution is -0.133. The van der Waals surface area contributed by atoms with Gasteiger partial charge in [0.25, 0.3) is 0 Å². The Kier molecular flexibility index (Phi) is 4.43. The minimum atomic E-state index is 0.307. The Labute approximate surface area is 125 Å². The van der Waals surface area contributed by atoms with Gasteiger partial charge in [-0.1, -0.05) is 0 Å². The summed E-state index contributed by atoms with van der Waals surface area (Å²) < 4.78 is 7.38. The Morgan fingerprint density at radius 1 is 1.29 bits per heavy atom. The molecule has 116 valence electrons. The van der Waals surface area contributed by atoms with E-state index in [1.165, 1.54) is 0 Å². The van der Waals surface area contributed by atoms with Crippen molar-refractivity contribution in [3.63, 3.8) is 0 Å². The lowest BCUT2D eigenvalue weighted by Crippen LogP contribution is -2.49. The van der Waals surface area contributed by atoms with Crippen LogP contribution >= 0.6 is 0 Å². The van der Waals surface area contributed by atoms with Crippen LogP contribution in [0.25, 0.3) is 0 Å². The van der Waals surface area contributed by atoms with Crippen molar-refractivity contribution >= 4 is 11.9 Å². The van der Waals surface area contributed by atoms with E-state index >= 15 is 0 Å². The van der Waals surface area contributed by atoms with Gasteiger partial charge in [-0.15, -0.1) is 0 Å². The number of hydrogen-bond acceptors (Lipinski definition) is 4. The highest BCUT2D eigenvalue weighted by Gasteiger charge is 2.25. The third-order valence-corrected chi connectivity index (χ3v) is 4.52. The zero-order valence-electron chi connectivity index (χ0n) is 12.7. The molecule has 0 bridgehead atoms. The first-order valence-corrected chi connectivity index (χ1v) is 7.82. The summed E-state index contributed by atoms with van der Waals surface area (Å²) in [6, 6.07) is 0. The van der Waals surface area contributed by atoms with Crippen LogP contribution in [0.3, 0.4) is 0 Å². The number of anilines is 1. The molecule has 1 aromatic rings. The molecule has 2 saturated heterocycles. The van der Waals surface area contributed by atoms with Gasteiger partial charge in [0.05, 0.1) is 0 Å². The zero-order valence-corrected chi connectivity index (χ0v) is 12.7. The largest absolute Gasteiger partial charge is 0.381 e. The molecule has 6 nitrogen and oxygen atoms in total. The van der Waals surface area contributed by atoms with Crippen molar-refractivity contribution < 1.29 is 9.53 Å². The fraction of sp³-hybridized carbons (Fsp3) is 0.733. The average molecular weight is 292 g/mol. The number of carbonyl (C=O) groups is 1. The van der Waals surface area contributed by atoms with Gasteiger partial charge in [-0.3, -0.25) is 4.79 Å². The second-order valence-electron chi connectivity index (χ2n) is 5.97. The number of rotatable bonds is 3. The van der Waals surface area contributed by atoms with Gasteiger partial charge in [-0.25, -0.2) is 4.98 Å². The highest BCUT2D eigenvalue weighted by Crippen LogP contribution is 2.20. The summed E-state index contributed by atoms with van der Waals surface area (Å²) >= 11 is 0. The number of aromatic nitrogens is 2. The van der Waals surface area contributed by atoms with Gasteiger partial charge in [0, 0.05) is 65.3 Å². The van der Waals surface area contributed by atoms with E-state index < -0.39 is 0 Å². The van der Waals surface area contributed by atoms with E-state index in [1.807, 2.05) is 28.9 Å². The number of ether oxygens (including phenoxy) is 1. The predicted molar refractivity (Wildman–Crippen MR) is 80.2 cm³/mol. The van der Waals surface area contributed by atoms with Crippen molar-refractivity contribution in [2.45, 2.75) is 19.3 Å². The van der Waals surface area contributed by atoms with Crippen LogP contribution in [0.1, 0.15) is 19.3 Å². The van der Waals surface area contributed by atoms with Crippen LogP contribution in [0.2, 0.25) is 0 Å². The van der Waals surface area contributed by atoms with Gasteiger partial charge >= 0.3 is 0 Å². The Hall–Kier alpha value is -1.56. The van der Waals surface area contributed by atoms with Gasteiger partial charge in [-0.05, 0) is 18.8 Å². The summed E-state index contributed by atoms with van der Waals surface area (Å²) in [6.07, 6.45) is 6.51. The molecule has 1 aromatic heterocycles. The number of imidazole rings is 1. The van der Waals surface area contributed by atoms with Gasteiger partial charge in [0.15, 0.2) is 0 Å². The molecule has 3 heterocycles. The van der Waals surface area contributed by atoms with Crippen LogP contribution in [0.4, 0.5) is 5.95 Å². The molecule has 0 saturated carbocycles. The maximum Gasteiger partial charge on any atom is 0.222 e. The van der Waals surface area contributed by atoms with Crippen molar-refractivity contribution in [1.82, 2.24) is 14.5 Å². The lowest BCUT2D eigenvalue weighted by Gasteiger charge is -2.36. The standard InChI is InChI=1S/C15H24N4O2/c1-17-5-4-16-15(17)19-8-6-18(7-9-19)14(20)12-13-2-10-21-11-3-13/h4-5,13H,2-3,6-12H2,1H3. The smallest absolute Gasteiger partial charge is 0.222 e.